The summed E-state index contributed by atoms with van der Waals surface area (Å²) in [7, 11) is 0. The highest BCUT2D eigenvalue weighted by atomic mass is 32.2. The summed E-state index contributed by atoms with van der Waals surface area (Å²) in [4.78, 5) is 39.7. The third-order valence-corrected chi connectivity index (χ3v) is 7.63. The van der Waals surface area contributed by atoms with Gasteiger partial charge < -0.3 is 10.3 Å². The number of carbonyl (C=O) groups is 1. The number of amides is 1. The third-order valence-electron chi connectivity index (χ3n) is 4.57. The molecular formula is C18H20N4O2S3. The summed E-state index contributed by atoms with van der Waals surface area (Å²) in [6.07, 6.45) is 4.02. The van der Waals surface area contributed by atoms with Crippen molar-refractivity contribution in [1.82, 2.24) is 15.0 Å². The molecule has 3 heterocycles. The zero-order valence-electron chi connectivity index (χ0n) is 15.2. The number of thiazole rings is 1. The number of thiophene rings is 1. The van der Waals surface area contributed by atoms with Gasteiger partial charge in [0.1, 0.15) is 10.7 Å². The summed E-state index contributed by atoms with van der Waals surface area (Å²) in [6.45, 7) is 4.07. The van der Waals surface area contributed by atoms with E-state index in [1.165, 1.54) is 33.5 Å². The molecule has 1 aliphatic rings. The monoisotopic (exact) mass is 420 g/mol. The van der Waals surface area contributed by atoms with Crippen LogP contribution in [0.25, 0.3) is 10.2 Å². The molecule has 0 radical (unpaired) electrons. The molecule has 0 aromatic carbocycles. The maximum Gasteiger partial charge on any atom is 0.259 e. The second-order valence-corrected chi connectivity index (χ2v) is 9.74. The molecule has 9 heteroatoms. The van der Waals surface area contributed by atoms with Crippen LogP contribution in [0, 0.1) is 6.92 Å². The number of fused-ring (bicyclic) bond motifs is 3. The van der Waals surface area contributed by atoms with Gasteiger partial charge in [-0.25, -0.2) is 9.97 Å². The Balaban J connectivity index is 1.37. The lowest BCUT2D eigenvalue weighted by atomic mass is 10.2. The molecule has 1 amide bonds. The molecule has 0 saturated carbocycles. The van der Waals surface area contributed by atoms with Gasteiger partial charge in [0.05, 0.1) is 22.6 Å². The van der Waals surface area contributed by atoms with E-state index in [1.807, 2.05) is 6.92 Å². The van der Waals surface area contributed by atoms with Crippen LogP contribution in [0.2, 0.25) is 0 Å². The molecular weight excluding hydrogens is 400 g/mol. The van der Waals surface area contributed by atoms with Crippen molar-refractivity contribution in [2.75, 3.05) is 11.1 Å². The minimum absolute atomic E-state index is 0.0511. The topological polar surface area (TPSA) is 87.7 Å². The molecule has 0 atom stereocenters. The number of aryl methyl sites for hydroxylation is 4. The zero-order chi connectivity index (χ0) is 19.0. The van der Waals surface area contributed by atoms with Gasteiger partial charge in [-0.2, -0.15) is 0 Å². The Kier molecular flexibility index (Phi) is 5.34. The lowest BCUT2D eigenvalue weighted by molar-refractivity contribution is -0.113. The van der Waals surface area contributed by atoms with E-state index in [-0.39, 0.29) is 11.5 Å². The largest absolute Gasteiger partial charge is 0.309 e. The minimum atomic E-state index is -0.0880. The second kappa shape index (κ2) is 7.73. The molecule has 0 saturated heterocycles. The predicted octanol–water partition coefficient (Wildman–Crippen LogP) is 3.67. The number of anilines is 1. The van der Waals surface area contributed by atoms with Crippen LogP contribution in [0.5, 0.6) is 0 Å². The first-order valence-electron chi connectivity index (χ1n) is 8.92. The quantitative estimate of drug-likeness (QED) is 0.635. The van der Waals surface area contributed by atoms with Crippen LogP contribution in [0.4, 0.5) is 5.13 Å². The fourth-order valence-corrected chi connectivity index (χ4v) is 6.21. The van der Waals surface area contributed by atoms with Crippen molar-refractivity contribution in [3.63, 3.8) is 0 Å². The van der Waals surface area contributed by atoms with Gasteiger partial charge in [0.2, 0.25) is 5.91 Å². The van der Waals surface area contributed by atoms with Crippen molar-refractivity contribution in [3.05, 3.63) is 37.2 Å². The Morgan fingerprint density at radius 2 is 2.15 bits per heavy atom. The van der Waals surface area contributed by atoms with E-state index in [4.69, 9.17) is 0 Å². The molecule has 4 rings (SSSR count). The van der Waals surface area contributed by atoms with Gasteiger partial charge in [-0.3, -0.25) is 9.59 Å². The number of hydrogen-bond donors (Lipinski definition) is 2. The summed E-state index contributed by atoms with van der Waals surface area (Å²) in [5, 5.41) is 4.27. The molecule has 0 unspecified atom stereocenters. The predicted molar refractivity (Wildman–Crippen MR) is 113 cm³/mol. The molecule has 142 valence electrons. The third kappa shape index (κ3) is 3.81. The summed E-state index contributed by atoms with van der Waals surface area (Å²) < 4.78 is 0. The smallest absolute Gasteiger partial charge is 0.259 e. The van der Waals surface area contributed by atoms with E-state index in [1.54, 1.807) is 11.3 Å². The number of nitrogens with zero attached hydrogens (tertiary/aromatic N) is 2. The number of rotatable bonds is 6. The van der Waals surface area contributed by atoms with Crippen molar-refractivity contribution >= 4 is 55.7 Å². The van der Waals surface area contributed by atoms with E-state index in [9.17, 15) is 9.59 Å². The summed E-state index contributed by atoms with van der Waals surface area (Å²) in [5.74, 6) is 1.33. The SMILES string of the molecule is CCc1nc(NC(=O)CSCc2nc3sc4c(c3c(=O)[nH]2)CCC4)sc1C. The maximum atomic E-state index is 12.4. The van der Waals surface area contributed by atoms with E-state index < -0.39 is 0 Å². The van der Waals surface area contributed by atoms with Crippen LogP contribution < -0.4 is 10.9 Å². The van der Waals surface area contributed by atoms with Gasteiger partial charge in [0.15, 0.2) is 5.13 Å². The van der Waals surface area contributed by atoms with Crippen molar-refractivity contribution in [3.8, 4) is 0 Å². The highest BCUT2D eigenvalue weighted by molar-refractivity contribution is 7.99. The molecule has 0 spiro atoms. The molecule has 0 aliphatic heterocycles. The van der Waals surface area contributed by atoms with Crippen molar-refractivity contribution in [2.45, 2.75) is 45.3 Å². The molecule has 27 heavy (non-hydrogen) atoms. The average molecular weight is 421 g/mol. The van der Waals surface area contributed by atoms with Gasteiger partial charge in [0.25, 0.3) is 5.56 Å². The van der Waals surface area contributed by atoms with Crippen LogP contribution in [0.3, 0.4) is 0 Å². The van der Waals surface area contributed by atoms with Gasteiger partial charge in [-0.15, -0.1) is 34.4 Å². The van der Waals surface area contributed by atoms with Crippen molar-refractivity contribution in [2.24, 2.45) is 0 Å². The summed E-state index contributed by atoms with van der Waals surface area (Å²) >= 11 is 4.57. The molecule has 3 aromatic heterocycles. The highest BCUT2D eigenvalue weighted by Crippen LogP contribution is 2.34. The van der Waals surface area contributed by atoms with Gasteiger partial charge in [0, 0.05) is 9.75 Å². The van der Waals surface area contributed by atoms with Crippen LogP contribution in [-0.2, 0) is 29.8 Å². The second-order valence-electron chi connectivity index (χ2n) is 6.47. The molecule has 6 nitrogen and oxygen atoms in total. The normalized spacial score (nSPS) is 13.3. The molecule has 2 N–H and O–H groups in total. The summed E-state index contributed by atoms with van der Waals surface area (Å²) in [6, 6.07) is 0. The standard InChI is InChI=1S/C18H20N4O2S3/c1-3-11-9(2)26-18(19-11)22-14(23)8-25-7-13-20-16(24)15-10-5-4-6-12(10)27-17(15)21-13/h3-8H2,1-2H3,(H,19,22,23)(H,20,21,24). The Morgan fingerprint density at radius 1 is 1.30 bits per heavy atom. The Labute approximate surface area is 168 Å². The number of aromatic nitrogens is 3. The molecule has 0 fully saturated rings. The van der Waals surface area contributed by atoms with E-state index in [0.29, 0.717) is 22.5 Å². The zero-order valence-corrected chi connectivity index (χ0v) is 17.6. The van der Waals surface area contributed by atoms with Crippen LogP contribution in [0.15, 0.2) is 4.79 Å². The lowest BCUT2D eigenvalue weighted by Crippen LogP contribution is -2.15. The minimum Gasteiger partial charge on any atom is -0.309 e. The van der Waals surface area contributed by atoms with Crippen LogP contribution in [0.1, 0.15) is 40.2 Å². The van der Waals surface area contributed by atoms with Crippen LogP contribution in [-0.4, -0.2) is 26.6 Å². The number of carbonyl (C=O) groups excluding carboxylic acids is 1. The highest BCUT2D eigenvalue weighted by Gasteiger charge is 2.21. The number of H-pyrrole nitrogens is 1. The molecule has 3 aromatic rings. The summed E-state index contributed by atoms with van der Waals surface area (Å²) in [5.41, 5.74) is 2.17. The first kappa shape index (κ1) is 18.6. The van der Waals surface area contributed by atoms with E-state index in [2.05, 4.69) is 27.2 Å². The van der Waals surface area contributed by atoms with Gasteiger partial charge in [-0.05, 0) is 38.2 Å². The average Bonchev–Trinajstić information content (AvgIpc) is 3.28. The first-order chi connectivity index (χ1) is 13.0. The van der Waals surface area contributed by atoms with Crippen molar-refractivity contribution in [1.29, 1.82) is 0 Å². The van der Waals surface area contributed by atoms with Crippen LogP contribution >= 0.6 is 34.4 Å². The fraction of sp³-hybridized carbons (Fsp3) is 0.444. The first-order valence-corrected chi connectivity index (χ1v) is 11.7. The van der Waals surface area contributed by atoms with E-state index in [0.717, 1.165) is 46.5 Å². The maximum absolute atomic E-state index is 12.4. The number of thioether (sulfide) groups is 1. The number of aromatic amines is 1. The van der Waals surface area contributed by atoms with Crippen molar-refractivity contribution < 1.29 is 4.79 Å². The van der Waals surface area contributed by atoms with Gasteiger partial charge >= 0.3 is 0 Å². The molecule has 0 bridgehead atoms. The molecule has 1 aliphatic carbocycles. The Hall–Kier alpha value is -1.71. The number of hydrogen-bond acceptors (Lipinski definition) is 7. The number of nitrogens with one attached hydrogen (secondary N) is 2. The van der Waals surface area contributed by atoms with E-state index >= 15 is 0 Å². The Morgan fingerprint density at radius 3 is 2.93 bits per heavy atom. The van der Waals surface area contributed by atoms with Gasteiger partial charge in [-0.1, -0.05) is 6.92 Å². The lowest BCUT2D eigenvalue weighted by Gasteiger charge is -2.03. The Bertz CT molecular complexity index is 1070. The fourth-order valence-electron chi connectivity index (χ4n) is 3.32.